The van der Waals surface area contributed by atoms with E-state index in [-0.39, 0.29) is 6.61 Å². The van der Waals surface area contributed by atoms with Crippen LogP contribution in [-0.4, -0.2) is 38.7 Å². The summed E-state index contributed by atoms with van der Waals surface area (Å²) in [5, 5.41) is 2.79. The molecule has 0 saturated heterocycles. The Balaban J connectivity index is 1.83. The second-order valence-electron chi connectivity index (χ2n) is 7.12. The molecule has 1 N–H and O–H groups in total. The minimum atomic E-state index is -0.816. The zero-order chi connectivity index (χ0) is 23.1. The molecule has 0 unspecified atom stereocenters. The SMILES string of the molecule is CCOC(=O)[C@@H](Cc1ccccc1)NC(=O)c1cc(-c2ccc(OC)c(OC)c2)oc1C. The lowest BCUT2D eigenvalue weighted by molar-refractivity contribution is -0.145. The van der Waals surface area contributed by atoms with Crippen molar-refractivity contribution in [3.8, 4) is 22.8 Å². The van der Waals surface area contributed by atoms with E-state index in [4.69, 9.17) is 18.6 Å². The van der Waals surface area contributed by atoms with Gasteiger partial charge in [-0.15, -0.1) is 0 Å². The van der Waals surface area contributed by atoms with Gasteiger partial charge in [0.15, 0.2) is 11.5 Å². The number of hydrogen-bond donors (Lipinski definition) is 1. The van der Waals surface area contributed by atoms with Crippen LogP contribution in [0.15, 0.2) is 59.0 Å². The molecular weight excluding hydrogens is 410 g/mol. The molecule has 0 bridgehead atoms. The van der Waals surface area contributed by atoms with Crippen LogP contribution in [0.1, 0.15) is 28.6 Å². The molecule has 0 aliphatic rings. The highest BCUT2D eigenvalue weighted by atomic mass is 16.5. The first-order valence-electron chi connectivity index (χ1n) is 10.3. The van der Waals surface area contributed by atoms with Crippen LogP contribution < -0.4 is 14.8 Å². The smallest absolute Gasteiger partial charge is 0.328 e. The number of amides is 1. The van der Waals surface area contributed by atoms with E-state index in [2.05, 4.69) is 5.32 Å². The maximum absolute atomic E-state index is 13.0. The molecule has 168 valence electrons. The number of carbonyl (C=O) groups is 2. The van der Waals surface area contributed by atoms with Gasteiger partial charge in [-0.3, -0.25) is 4.79 Å². The van der Waals surface area contributed by atoms with E-state index < -0.39 is 17.9 Å². The van der Waals surface area contributed by atoms with Gasteiger partial charge in [0, 0.05) is 12.0 Å². The van der Waals surface area contributed by atoms with E-state index in [1.807, 2.05) is 36.4 Å². The monoisotopic (exact) mass is 437 g/mol. The normalized spacial score (nSPS) is 11.5. The summed E-state index contributed by atoms with van der Waals surface area (Å²) in [5.74, 6) is 1.20. The van der Waals surface area contributed by atoms with Crippen LogP contribution in [0, 0.1) is 6.92 Å². The molecule has 32 heavy (non-hydrogen) atoms. The fourth-order valence-corrected chi connectivity index (χ4v) is 3.36. The lowest BCUT2D eigenvalue weighted by Gasteiger charge is -2.17. The summed E-state index contributed by atoms with van der Waals surface area (Å²) in [5.41, 5.74) is 1.99. The van der Waals surface area contributed by atoms with Gasteiger partial charge in [0.05, 0.1) is 26.4 Å². The van der Waals surface area contributed by atoms with Crippen molar-refractivity contribution in [3.63, 3.8) is 0 Å². The largest absolute Gasteiger partial charge is 0.493 e. The van der Waals surface area contributed by atoms with E-state index in [0.717, 1.165) is 11.1 Å². The van der Waals surface area contributed by atoms with Crippen molar-refractivity contribution in [1.29, 1.82) is 0 Å². The third-order valence-corrected chi connectivity index (χ3v) is 4.99. The van der Waals surface area contributed by atoms with Gasteiger partial charge >= 0.3 is 5.97 Å². The number of benzene rings is 2. The summed E-state index contributed by atoms with van der Waals surface area (Å²) >= 11 is 0. The van der Waals surface area contributed by atoms with Crippen molar-refractivity contribution in [3.05, 3.63) is 71.5 Å². The van der Waals surface area contributed by atoms with Crippen LogP contribution in [0.3, 0.4) is 0 Å². The van der Waals surface area contributed by atoms with Gasteiger partial charge in [-0.1, -0.05) is 30.3 Å². The van der Waals surface area contributed by atoms with Crippen LogP contribution in [0.5, 0.6) is 11.5 Å². The number of ether oxygens (including phenoxy) is 3. The fraction of sp³-hybridized carbons (Fsp3) is 0.280. The lowest BCUT2D eigenvalue weighted by atomic mass is 10.1. The van der Waals surface area contributed by atoms with Crippen molar-refractivity contribution < 1.29 is 28.2 Å². The summed E-state index contributed by atoms with van der Waals surface area (Å²) in [6, 6.07) is 15.7. The predicted octanol–water partition coefficient (Wildman–Crippen LogP) is 4.18. The summed E-state index contributed by atoms with van der Waals surface area (Å²) < 4.78 is 21.6. The molecule has 3 aromatic rings. The first kappa shape index (κ1) is 22.9. The molecule has 3 rings (SSSR count). The summed E-state index contributed by atoms with van der Waals surface area (Å²) in [6.07, 6.45) is 0.324. The molecule has 2 aromatic carbocycles. The van der Waals surface area contributed by atoms with Gasteiger partial charge in [0.25, 0.3) is 5.91 Å². The maximum Gasteiger partial charge on any atom is 0.328 e. The number of methoxy groups -OCH3 is 2. The van der Waals surface area contributed by atoms with Crippen LogP contribution in [0.2, 0.25) is 0 Å². The number of esters is 1. The second kappa shape index (κ2) is 10.5. The topological polar surface area (TPSA) is 87.0 Å². The summed E-state index contributed by atoms with van der Waals surface area (Å²) in [7, 11) is 3.11. The number of carbonyl (C=O) groups excluding carboxylic acids is 2. The molecular formula is C25H27NO6. The van der Waals surface area contributed by atoms with Crippen molar-refractivity contribution in [2.45, 2.75) is 26.3 Å². The molecule has 1 heterocycles. The molecule has 7 nitrogen and oxygen atoms in total. The van der Waals surface area contributed by atoms with E-state index in [9.17, 15) is 9.59 Å². The first-order valence-corrected chi connectivity index (χ1v) is 10.3. The molecule has 0 fully saturated rings. The van der Waals surface area contributed by atoms with E-state index >= 15 is 0 Å². The Morgan fingerprint density at radius 1 is 1.00 bits per heavy atom. The summed E-state index contributed by atoms with van der Waals surface area (Å²) in [4.78, 5) is 25.5. The fourth-order valence-electron chi connectivity index (χ4n) is 3.36. The van der Waals surface area contributed by atoms with Crippen LogP contribution in [-0.2, 0) is 16.0 Å². The Kier molecular flexibility index (Phi) is 7.54. The Bertz CT molecular complexity index is 1070. The van der Waals surface area contributed by atoms with Gasteiger partial charge in [0.1, 0.15) is 17.6 Å². The highest BCUT2D eigenvalue weighted by Crippen LogP contribution is 2.34. The number of aryl methyl sites for hydroxylation is 1. The van der Waals surface area contributed by atoms with E-state index in [1.54, 1.807) is 46.3 Å². The Labute approximate surface area is 187 Å². The average Bonchev–Trinajstić information content (AvgIpc) is 3.20. The molecule has 1 atom stereocenters. The van der Waals surface area contributed by atoms with E-state index in [0.29, 0.717) is 35.0 Å². The maximum atomic E-state index is 13.0. The Hall–Kier alpha value is -3.74. The minimum Gasteiger partial charge on any atom is -0.493 e. The molecule has 7 heteroatoms. The molecule has 0 aliphatic carbocycles. The van der Waals surface area contributed by atoms with Gasteiger partial charge in [-0.25, -0.2) is 4.79 Å². The van der Waals surface area contributed by atoms with Gasteiger partial charge < -0.3 is 23.9 Å². The highest BCUT2D eigenvalue weighted by Gasteiger charge is 2.25. The van der Waals surface area contributed by atoms with Gasteiger partial charge in [-0.2, -0.15) is 0 Å². The zero-order valence-corrected chi connectivity index (χ0v) is 18.6. The molecule has 0 saturated carbocycles. The molecule has 1 aromatic heterocycles. The van der Waals surface area contributed by atoms with Crippen LogP contribution in [0.25, 0.3) is 11.3 Å². The first-order chi connectivity index (χ1) is 15.5. The van der Waals surface area contributed by atoms with Crippen molar-refractivity contribution >= 4 is 11.9 Å². The Morgan fingerprint density at radius 3 is 2.38 bits per heavy atom. The van der Waals surface area contributed by atoms with Crippen LogP contribution in [0.4, 0.5) is 0 Å². The number of furan rings is 1. The Morgan fingerprint density at radius 2 is 1.72 bits per heavy atom. The molecule has 0 radical (unpaired) electrons. The molecule has 0 aliphatic heterocycles. The minimum absolute atomic E-state index is 0.230. The molecule has 0 spiro atoms. The number of nitrogens with one attached hydrogen (secondary N) is 1. The molecule has 1 amide bonds. The lowest BCUT2D eigenvalue weighted by Crippen LogP contribution is -2.43. The average molecular weight is 437 g/mol. The second-order valence-corrected chi connectivity index (χ2v) is 7.12. The quantitative estimate of drug-likeness (QED) is 0.506. The highest BCUT2D eigenvalue weighted by molar-refractivity contribution is 5.98. The number of rotatable bonds is 9. The number of hydrogen-bond acceptors (Lipinski definition) is 6. The van der Waals surface area contributed by atoms with Crippen molar-refractivity contribution in [2.75, 3.05) is 20.8 Å². The standard InChI is InChI=1S/C25H27NO6/c1-5-31-25(28)20(13-17-9-7-6-8-10-17)26-24(27)19-15-22(32-16(19)2)18-11-12-21(29-3)23(14-18)30-4/h6-12,14-15,20H,5,13H2,1-4H3,(H,26,27)/t20-/m1/s1. The van der Waals surface area contributed by atoms with Crippen molar-refractivity contribution in [1.82, 2.24) is 5.32 Å². The third-order valence-electron chi connectivity index (χ3n) is 4.99. The van der Waals surface area contributed by atoms with Crippen LogP contribution >= 0.6 is 0 Å². The van der Waals surface area contributed by atoms with Gasteiger partial charge in [-0.05, 0) is 43.7 Å². The summed E-state index contributed by atoms with van der Waals surface area (Å²) in [6.45, 7) is 3.67. The van der Waals surface area contributed by atoms with E-state index in [1.165, 1.54) is 0 Å². The van der Waals surface area contributed by atoms with Gasteiger partial charge in [0.2, 0.25) is 0 Å². The predicted molar refractivity (Wildman–Crippen MR) is 120 cm³/mol. The third kappa shape index (κ3) is 5.29. The zero-order valence-electron chi connectivity index (χ0n) is 18.6. The van der Waals surface area contributed by atoms with Crippen molar-refractivity contribution in [2.24, 2.45) is 0 Å².